The third kappa shape index (κ3) is 2.57. The molecule has 0 saturated carbocycles. The van der Waals surface area contributed by atoms with E-state index in [1.807, 2.05) is 6.20 Å². The van der Waals surface area contributed by atoms with E-state index in [-0.39, 0.29) is 0 Å². The first-order valence-corrected chi connectivity index (χ1v) is 5.94. The van der Waals surface area contributed by atoms with Crippen molar-refractivity contribution in [3.8, 4) is 0 Å². The van der Waals surface area contributed by atoms with Gasteiger partial charge in [0.25, 0.3) is 0 Å². The highest BCUT2D eigenvalue weighted by Crippen LogP contribution is 2.24. The van der Waals surface area contributed by atoms with Crippen LogP contribution < -0.4 is 5.32 Å². The molecule has 0 radical (unpaired) electrons. The summed E-state index contributed by atoms with van der Waals surface area (Å²) in [5.74, 6) is 1.22. The Kier molecular flexibility index (Phi) is 3.37. The first-order chi connectivity index (χ1) is 7.27. The van der Waals surface area contributed by atoms with Gasteiger partial charge in [-0.2, -0.15) is 0 Å². The van der Waals surface area contributed by atoms with E-state index < -0.39 is 0 Å². The van der Waals surface area contributed by atoms with Crippen molar-refractivity contribution in [2.75, 3.05) is 13.1 Å². The van der Waals surface area contributed by atoms with Crippen LogP contribution in [0.5, 0.6) is 0 Å². The monoisotopic (exact) mass is 204 g/mol. The van der Waals surface area contributed by atoms with Crippen LogP contribution in [0.25, 0.3) is 0 Å². The van der Waals surface area contributed by atoms with Crippen molar-refractivity contribution in [3.63, 3.8) is 0 Å². The van der Waals surface area contributed by atoms with Crippen LogP contribution in [-0.4, -0.2) is 18.1 Å². The number of nitrogens with one attached hydrogen (secondary N) is 1. The van der Waals surface area contributed by atoms with E-state index in [0.717, 1.165) is 6.54 Å². The van der Waals surface area contributed by atoms with Gasteiger partial charge in [0.15, 0.2) is 0 Å². The predicted molar refractivity (Wildman–Crippen MR) is 63.2 cm³/mol. The molecule has 1 fully saturated rings. The second kappa shape index (κ2) is 4.75. The molecule has 1 saturated heterocycles. The van der Waals surface area contributed by atoms with Gasteiger partial charge in [-0.05, 0) is 43.0 Å². The van der Waals surface area contributed by atoms with Gasteiger partial charge in [0.1, 0.15) is 0 Å². The number of nitrogens with zero attached hydrogens (tertiary/aromatic N) is 1. The molecule has 1 N–H and O–H groups in total. The Morgan fingerprint density at radius 3 is 3.00 bits per heavy atom. The standard InChI is InChI=1S/C13H20N2/c1-10(2)11-5-7-15-13(8-11)12-4-3-6-14-9-12/h5,7-8,10,12,14H,3-4,6,9H2,1-2H3. The molecule has 2 heterocycles. The highest BCUT2D eigenvalue weighted by Gasteiger charge is 2.16. The van der Waals surface area contributed by atoms with Gasteiger partial charge in [0, 0.05) is 24.4 Å². The second-order valence-corrected chi connectivity index (χ2v) is 4.71. The van der Waals surface area contributed by atoms with Gasteiger partial charge in [0.2, 0.25) is 0 Å². The van der Waals surface area contributed by atoms with Crippen LogP contribution in [0, 0.1) is 0 Å². The summed E-state index contributed by atoms with van der Waals surface area (Å²) in [6.07, 6.45) is 4.51. The van der Waals surface area contributed by atoms with Crippen molar-refractivity contribution in [2.45, 2.75) is 38.5 Å². The van der Waals surface area contributed by atoms with Crippen molar-refractivity contribution in [1.82, 2.24) is 10.3 Å². The lowest BCUT2D eigenvalue weighted by atomic mass is 9.93. The number of aromatic nitrogens is 1. The minimum Gasteiger partial charge on any atom is -0.316 e. The van der Waals surface area contributed by atoms with Crippen LogP contribution in [-0.2, 0) is 0 Å². The van der Waals surface area contributed by atoms with Crippen LogP contribution in [0.3, 0.4) is 0 Å². The van der Waals surface area contributed by atoms with E-state index in [9.17, 15) is 0 Å². The van der Waals surface area contributed by atoms with Gasteiger partial charge in [-0.3, -0.25) is 4.98 Å². The minimum absolute atomic E-state index is 0.600. The summed E-state index contributed by atoms with van der Waals surface area (Å²) in [5.41, 5.74) is 2.68. The van der Waals surface area contributed by atoms with Crippen molar-refractivity contribution >= 4 is 0 Å². The van der Waals surface area contributed by atoms with E-state index in [0.29, 0.717) is 11.8 Å². The number of hydrogen-bond donors (Lipinski definition) is 1. The minimum atomic E-state index is 0.600. The molecular formula is C13H20N2. The first-order valence-electron chi connectivity index (χ1n) is 5.94. The van der Waals surface area contributed by atoms with E-state index >= 15 is 0 Å². The number of pyridine rings is 1. The van der Waals surface area contributed by atoms with Crippen LogP contribution in [0.2, 0.25) is 0 Å². The summed E-state index contributed by atoms with van der Waals surface area (Å²) in [6.45, 7) is 6.73. The van der Waals surface area contributed by atoms with Gasteiger partial charge in [-0.25, -0.2) is 0 Å². The van der Waals surface area contributed by atoms with Crippen molar-refractivity contribution < 1.29 is 0 Å². The average molecular weight is 204 g/mol. The Bertz CT molecular complexity index is 314. The molecule has 0 bridgehead atoms. The van der Waals surface area contributed by atoms with Crippen molar-refractivity contribution in [3.05, 3.63) is 29.6 Å². The van der Waals surface area contributed by atoms with Crippen molar-refractivity contribution in [1.29, 1.82) is 0 Å². The van der Waals surface area contributed by atoms with Crippen LogP contribution in [0.15, 0.2) is 18.3 Å². The fourth-order valence-corrected chi connectivity index (χ4v) is 2.15. The molecule has 0 aliphatic carbocycles. The van der Waals surface area contributed by atoms with E-state index in [2.05, 4.69) is 36.3 Å². The van der Waals surface area contributed by atoms with Crippen LogP contribution >= 0.6 is 0 Å². The zero-order valence-corrected chi connectivity index (χ0v) is 9.66. The lowest BCUT2D eigenvalue weighted by Crippen LogP contribution is -2.28. The van der Waals surface area contributed by atoms with Gasteiger partial charge < -0.3 is 5.32 Å². The molecule has 1 aromatic rings. The number of piperidine rings is 1. The second-order valence-electron chi connectivity index (χ2n) is 4.71. The Balaban J connectivity index is 2.16. The SMILES string of the molecule is CC(C)c1ccnc(C2CCCNC2)c1. The molecule has 2 rings (SSSR count). The Labute approximate surface area is 92.1 Å². The van der Waals surface area contributed by atoms with E-state index in [1.54, 1.807) is 0 Å². The lowest BCUT2D eigenvalue weighted by molar-refractivity contribution is 0.454. The van der Waals surface area contributed by atoms with Gasteiger partial charge in [0.05, 0.1) is 0 Å². The zero-order chi connectivity index (χ0) is 10.7. The molecule has 1 aliphatic heterocycles. The normalized spacial score (nSPS) is 21.9. The summed E-state index contributed by atoms with van der Waals surface area (Å²) >= 11 is 0. The first kappa shape index (κ1) is 10.6. The Morgan fingerprint density at radius 2 is 2.33 bits per heavy atom. The van der Waals surface area contributed by atoms with Crippen LogP contribution in [0.4, 0.5) is 0 Å². The maximum Gasteiger partial charge on any atom is 0.0450 e. The zero-order valence-electron chi connectivity index (χ0n) is 9.66. The largest absolute Gasteiger partial charge is 0.316 e. The van der Waals surface area contributed by atoms with Crippen molar-refractivity contribution in [2.24, 2.45) is 0 Å². The summed E-state index contributed by atoms with van der Waals surface area (Å²) in [7, 11) is 0. The molecule has 0 amide bonds. The molecule has 1 aliphatic rings. The fourth-order valence-electron chi connectivity index (χ4n) is 2.15. The molecule has 82 valence electrons. The molecule has 15 heavy (non-hydrogen) atoms. The Morgan fingerprint density at radius 1 is 1.47 bits per heavy atom. The van der Waals surface area contributed by atoms with Crippen LogP contribution in [0.1, 0.15) is 49.8 Å². The predicted octanol–water partition coefficient (Wildman–Crippen LogP) is 2.67. The fraction of sp³-hybridized carbons (Fsp3) is 0.615. The summed E-state index contributed by atoms with van der Waals surface area (Å²) in [6, 6.07) is 4.41. The molecule has 2 heteroatoms. The lowest BCUT2D eigenvalue weighted by Gasteiger charge is -2.22. The van der Waals surface area contributed by atoms with Gasteiger partial charge in [-0.15, -0.1) is 0 Å². The van der Waals surface area contributed by atoms with E-state index in [4.69, 9.17) is 0 Å². The topological polar surface area (TPSA) is 24.9 Å². The maximum atomic E-state index is 4.51. The number of rotatable bonds is 2. The molecule has 1 atom stereocenters. The third-order valence-corrected chi connectivity index (χ3v) is 3.19. The maximum absolute atomic E-state index is 4.51. The molecule has 1 unspecified atom stereocenters. The highest BCUT2D eigenvalue weighted by atomic mass is 14.9. The smallest absolute Gasteiger partial charge is 0.0450 e. The van der Waals surface area contributed by atoms with E-state index in [1.165, 1.54) is 30.6 Å². The quantitative estimate of drug-likeness (QED) is 0.801. The molecule has 1 aromatic heterocycles. The highest BCUT2D eigenvalue weighted by molar-refractivity contribution is 5.22. The summed E-state index contributed by atoms with van der Waals surface area (Å²) < 4.78 is 0. The average Bonchev–Trinajstić information content (AvgIpc) is 2.30. The molecular weight excluding hydrogens is 184 g/mol. The molecule has 0 spiro atoms. The Hall–Kier alpha value is -0.890. The molecule has 0 aromatic carbocycles. The summed E-state index contributed by atoms with van der Waals surface area (Å²) in [4.78, 5) is 4.51. The van der Waals surface area contributed by atoms with Gasteiger partial charge >= 0.3 is 0 Å². The number of hydrogen-bond acceptors (Lipinski definition) is 2. The third-order valence-electron chi connectivity index (χ3n) is 3.19. The summed E-state index contributed by atoms with van der Waals surface area (Å²) in [5, 5.41) is 3.44. The molecule has 2 nitrogen and oxygen atoms in total. The van der Waals surface area contributed by atoms with Gasteiger partial charge in [-0.1, -0.05) is 13.8 Å².